The quantitative estimate of drug-likeness (QED) is 0.739. The Bertz CT molecular complexity index is 860. The van der Waals surface area contributed by atoms with Crippen molar-refractivity contribution in [2.24, 2.45) is 0 Å². The first-order valence-electron chi connectivity index (χ1n) is 6.75. The summed E-state index contributed by atoms with van der Waals surface area (Å²) in [4.78, 5) is 4.46. The van der Waals surface area contributed by atoms with Crippen molar-refractivity contribution in [1.29, 1.82) is 0 Å². The first-order valence-corrected chi connectivity index (χ1v) is 8.24. The number of aryl methyl sites for hydroxylation is 1. The molecule has 0 amide bonds. The minimum absolute atomic E-state index is 0.171. The fraction of sp³-hybridized carbons (Fsp3) is 0.188. The van der Waals surface area contributed by atoms with E-state index in [-0.39, 0.29) is 11.5 Å². The third-order valence-electron chi connectivity index (χ3n) is 3.35. The van der Waals surface area contributed by atoms with E-state index in [1.54, 1.807) is 0 Å². The van der Waals surface area contributed by atoms with Crippen LogP contribution in [0.2, 0.25) is 0 Å². The third-order valence-corrected chi connectivity index (χ3v) is 4.62. The minimum atomic E-state index is -1.24. The highest BCUT2D eigenvalue weighted by atomic mass is 32.2. The highest BCUT2D eigenvalue weighted by Crippen LogP contribution is 2.14. The first-order chi connectivity index (χ1) is 10.5. The molecular formula is C16H14F2N2OS. The zero-order valence-corrected chi connectivity index (χ0v) is 12.7. The number of pyridine rings is 1. The topological polar surface area (TPSA) is 34.4 Å². The Hall–Kier alpha value is -2.08. The second-order valence-electron chi connectivity index (χ2n) is 5.13. The van der Waals surface area contributed by atoms with Crippen molar-refractivity contribution in [2.75, 3.05) is 0 Å². The molecule has 3 rings (SSSR count). The van der Waals surface area contributed by atoms with E-state index in [9.17, 15) is 13.0 Å². The lowest BCUT2D eigenvalue weighted by Crippen LogP contribution is -2.00. The molecule has 114 valence electrons. The molecule has 0 saturated carbocycles. The second kappa shape index (κ2) is 5.96. The zero-order valence-electron chi connectivity index (χ0n) is 11.9. The molecule has 0 N–H and O–H groups in total. The molecule has 0 spiro atoms. The molecule has 0 bridgehead atoms. The number of aromatic nitrogens is 2. The molecule has 2 aromatic heterocycles. The largest absolute Gasteiger partial charge is 0.307 e. The van der Waals surface area contributed by atoms with Gasteiger partial charge in [-0.1, -0.05) is 12.1 Å². The molecule has 0 aliphatic heterocycles. The summed E-state index contributed by atoms with van der Waals surface area (Å²) in [7, 11) is -1.24. The molecule has 3 nitrogen and oxygen atoms in total. The Kier molecular flexibility index (Phi) is 4.02. The normalized spacial score (nSPS) is 12.7. The SMILES string of the molecule is Cc1cccn2cc(C[S@@](=O)Cc3ccc(F)c(F)c3)nc12. The van der Waals surface area contributed by atoms with Crippen molar-refractivity contribution in [3.8, 4) is 0 Å². The van der Waals surface area contributed by atoms with Crippen LogP contribution in [0, 0.1) is 18.6 Å². The maximum absolute atomic E-state index is 13.2. The Morgan fingerprint density at radius 3 is 2.73 bits per heavy atom. The lowest BCUT2D eigenvalue weighted by atomic mass is 10.2. The highest BCUT2D eigenvalue weighted by molar-refractivity contribution is 7.83. The van der Waals surface area contributed by atoms with Crippen molar-refractivity contribution in [2.45, 2.75) is 18.4 Å². The summed E-state index contributed by atoms with van der Waals surface area (Å²) in [5, 5.41) is 0. The van der Waals surface area contributed by atoms with Crippen molar-refractivity contribution < 1.29 is 13.0 Å². The van der Waals surface area contributed by atoms with E-state index in [1.807, 2.05) is 35.9 Å². The van der Waals surface area contributed by atoms with Crippen LogP contribution in [0.15, 0.2) is 42.7 Å². The van der Waals surface area contributed by atoms with Gasteiger partial charge in [0.2, 0.25) is 0 Å². The molecule has 6 heteroatoms. The van der Waals surface area contributed by atoms with Crippen molar-refractivity contribution >= 4 is 16.4 Å². The number of fused-ring (bicyclic) bond motifs is 1. The van der Waals surface area contributed by atoms with Gasteiger partial charge in [0.05, 0.1) is 11.4 Å². The molecule has 0 aliphatic rings. The number of halogens is 2. The number of hydrogen-bond donors (Lipinski definition) is 0. The van der Waals surface area contributed by atoms with Crippen LogP contribution >= 0.6 is 0 Å². The summed E-state index contributed by atoms with van der Waals surface area (Å²) in [6, 6.07) is 7.47. The van der Waals surface area contributed by atoms with Gasteiger partial charge in [0, 0.05) is 28.9 Å². The molecule has 22 heavy (non-hydrogen) atoms. The molecule has 3 aromatic rings. The van der Waals surface area contributed by atoms with E-state index in [2.05, 4.69) is 4.98 Å². The maximum Gasteiger partial charge on any atom is 0.159 e. The minimum Gasteiger partial charge on any atom is -0.307 e. The number of nitrogens with zero attached hydrogens (tertiary/aromatic N) is 2. The summed E-state index contributed by atoms with van der Waals surface area (Å²) in [6.45, 7) is 1.96. The van der Waals surface area contributed by atoms with Crippen LogP contribution in [0.5, 0.6) is 0 Å². The summed E-state index contributed by atoms with van der Waals surface area (Å²) in [6.07, 6.45) is 3.72. The van der Waals surface area contributed by atoms with Crippen LogP contribution in [0.25, 0.3) is 5.65 Å². The van der Waals surface area contributed by atoms with E-state index < -0.39 is 22.4 Å². The van der Waals surface area contributed by atoms with Gasteiger partial charge < -0.3 is 4.40 Å². The van der Waals surface area contributed by atoms with E-state index >= 15 is 0 Å². The fourth-order valence-electron chi connectivity index (χ4n) is 2.31. The maximum atomic E-state index is 13.2. The Labute approximate surface area is 129 Å². The Morgan fingerprint density at radius 2 is 2.00 bits per heavy atom. The number of hydrogen-bond acceptors (Lipinski definition) is 2. The van der Waals surface area contributed by atoms with E-state index in [4.69, 9.17) is 0 Å². The third kappa shape index (κ3) is 3.06. The Morgan fingerprint density at radius 1 is 1.18 bits per heavy atom. The molecule has 1 atom stereocenters. The highest BCUT2D eigenvalue weighted by Gasteiger charge is 2.10. The molecule has 1 aromatic carbocycles. The van der Waals surface area contributed by atoms with Gasteiger partial charge in [-0.3, -0.25) is 4.21 Å². The van der Waals surface area contributed by atoms with E-state index in [0.717, 1.165) is 29.0 Å². The molecule has 0 aliphatic carbocycles. The lowest BCUT2D eigenvalue weighted by Gasteiger charge is -2.01. The smallest absolute Gasteiger partial charge is 0.159 e. The van der Waals surface area contributed by atoms with Gasteiger partial charge in [0.25, 0.3) is 0 Å². The number of rotatable bonds is 4. The van der Waals surface area contributed by atoms with Gasteiger partial charge in [-0.05, 0) is 36.2 Å². The van der Waals surface area contributed by atoms with Gasteiger partial charge in [0.15, 0.2) is 11.6 Å². The van der Waals surface area contributed by atoms with Gasteiger partial charge in [-0.15, -0.1) is 0 Å². The predicted octanol–water partition coefficient (Wildman–Crippen LogP) is 3.37. The first kappa shape index (κ1) is 14.8. The monoisotopic (exact) mass is 320 g/mol. The van der Waals surface area contributed by atoms with E-state index in [0.29, 0.717) is 5.56 Å². The van der Waals surface area contributed by atoms with Crippen LogP contribution < -0.4 is 0 Å². The molecule has 0 unspecified atom stereocenters. The van der Waals surface area contributed by atoms with Gasteiger partial charge >= 0.3 is 0 Å². The van der Waals surface area contributed by atoms with Crippen LogP contribution in [0.1, 0.15) is 16.8 Å². The van der Waals surface area contributed by atoms with E-state index in [1.165, 1.54) is 6.07 Å². The summed E-state index contributed by atoms with van der Waals surface area (Å²) in [5.74, 6) is -1.37. The molecular weight excluding hydrogens is 306 g/mol. The van der Waals surface area contributed by atoms with Crippen LogP contribution in [0.4, 0.5) is 8.78 Å². The van der Waals surface area contributed by atoms with Crippen molar-refractivity contribution in [3.63, 3.8) is 0 Å². The molecule has 0 saturated heterocycles. The zero-order chi connectivity index (χ0) is 15.7. The van der Waals surface area contributed by atoms with Gasteiger partial charge in [0.1, 0.15) is 5.65 Å². The average Bonchev–Trinajstić information content (AvgIpc) is 2.87. The molecule has 2 heterocycles. The van der Waals surface area contributed by atoms with Gasteiger partial charge in [-0.25, -0.2) is 13.8 Å². The predicted molar refractivity (Wildman–Crippen MR) is 81.8 cm³/mol. The Balaban J connectivity index is 1.75. The fourth-order valence-corrected chi connectivity index (χ4v) is 3.43. The molecule has 0 radical (unpaired) electrons. The molecule has 0 fully saturated rings. The van der Waals surface area contributed by atoms with Crippen molar-refractivity contribution in [3.05, 3.63) is 71.2 Å². The van der Waals surface area contributed by atoms with Crippen LogP contribution in [-0.2, 0) is 22.3 Å². The standard InChI is InChI=1S/C16H14F2N2OS/c1-11-3-2-6-20-8-13(19-16(11)20)10-22(21)9-12-4-5-14(17)15(18)7-12/h2-8H,9-10H2,1H3/t22-/m0/s1. The summed E-state index contributed by atoms with van der Waals surface area (Å²) >= 11 is 0. The summed E-state index contributed by atoms with van der Waals surface area (Å²) in [5.41, 5.74) is 3.11. The van der Waals surface area contributed by atoms with Crippen LogP contribution in [-0.4, -0.2) is 13.6 Å². The van der Waals surface area contributed by atoms with Crippen molar-refractivity contribution in [1.82, 2.24) is 9.38 Å². The average molecular weight is 320 g/mol. The summed E-state index contributed by atoms with van der Waals surface area (Å²) < 4.78 is 40.1. The van der Waals surface area contributed by atoms with Crippen LogP contribution in [0.3, 0.4) is 0 Å². The second-order valence-corrected chi connectivity index (χ2v) is 6.59. The number of imidazole rings is 1. The lowest BCUT2D eigenvalue weighted by molar-refractivity contribution is 0.507. The number of benzene rings is 1. The van der Waals surface area contributed by atoms with Gasteiger partial charge in [-0.2, -0.15) is 0 Å².